The first-order chi connectivity index (χ1) is 9.79. The van der Waals surface area contributed by atoms with Crippen LogP contribution in [0.25, 0.3) is 22.2 Å². The monoisotopic (exact) mass is 265 g/mol. The Balaban J connectivity index is 2.05. The molecular weight excluding hydrogens is 250 g/mol. The second kappa shape index (κ2) is 5.27. The zero-order valence-electron chi connectivity index (χ0n) is 11.0. The van der Waals surface area contributed by atoms with Crippen LogP contribution in [0.4, 0.5) is 0 Å². The number of aromatic nitrogens is 2. The van der Waals surface area contributed by atoms with Crippen molar-refractivity contribution in [3.63, 3.8) is 0 Å². The van der Waals surface area contributed by atoms with E-state index in [2.05, 4.69) is 28.9 Å². The maximum Gasteiger partial charge on any atom is 0.244 e. The van der Waals surface area contributed by atoms with Crippen molar-refractivity contribution in [2.45, 2.75) is 12.5 Å². The largest absolute Gasteiger partial charge is 0.337 e. The summed E-state index contributed by atoms with van der Waals surface area (Å²) in [5, 5.41) is 6.28. The molecule has 1 unspecified atom stereocenters. The standard InChI is InChI=1S/C16H15N3O/c1-2-6-14(17)16-18-15(19-20-16)13-10-5-8-11-7-3-4-9-12(11)13/h2-5,7-10,14H,1,6,17H2. The summed E-state index contributed by atoms with van der Waals surface area (Å²) >= 11 is 0. The van der Waals surface area contributed by atoms with Crippen LogP contribution in [-0.4, -0.2) is 10.1 Å². The normalized spacial score (nSPS) is 12.4. The van der Waals surface area contributed by atoms with Crippen LogP contribution in [0, 0.1) is 0 Å². The molecule has 4 heteroatoms. The van der Waals surface area contributed by atoms with E-state index in [4.69, 9.17) is 10.3 Å². The van der Waals surface area contributed by atoms with E-state index < -0.39 is 0 Å². The van der Waals surface area contributed by atoms with Crippen molar-refractivity contribution >= 4 is 10.8 Å². The molecule has 2 aromatic carbocycles. The van der Waals surface area contributed by atoms with Crippen molar-refractivity contribution in [3.05, 3.63) is 61.0 Å². The topological polar surface area (TPSA) is 64.9 Å². The van der Waals surface area contributed by atoms with Gasteiger partial charge in [0, 0.05) is 5.56 Å². The van der Waals surface area contributed by atoms with E-state index in [0.29, 0.717) is 18.1 Å². The van der Waals surface area contributed by atoms with E-state index >= 15 is 0 Å². The maximum atomic E-state index is 5.94. The lowest BCUT2D eigenvalue weighted by atomic mass is 10.0. The summed E-state index contributed by atoms with van der Waals surface area (Å²) in [5.74, 6) is 1.00. The minimum atomic E-state index is -0.302. The molecular formula is C16H15N3O. The van der Waals surface area contributed by atoms with Crippen molar-refractivity contribution in [1.29, 1.82) is 0 Å². The van der Waals surface area contributed by atoms with Crippen LogP contribution >= 0.6 is 0 Å². The molecule has 0 amide bonds. The van der Waals surface area contributed by atoms with Gasteiger partial charge in [-0.2, -0.15) is 4.98 Å². The Hall–Kier alpha value is -2.46. The number of benzene rings is 2. The average Bonchev–Trinajstić information content (AvgIpc) is 2.97. The van der Waals surface area contributed by atoms with Crippen LogP contribution in [0.3, 0.4) is 0 Å². The molecule has 0 radical (unpaired) electrons. The van der Waals surface area contributed by atoms with Crippen LogP contribution in [0.1, 0.15) is 18.4 Å². The van der Waals surface area contributed by atoms with Gasteiger partial charge in [-0.25, -0.2) is 0 Å². The number of nitrogens with two attached hydrogens (primary N) is 1. The van der Waals surface area contributed by atoms with Crippen LogP contribution in [0.15, 0.2) is 59.6 Å². The summed E-state index contributed by atoms with van der Waals surface area (Å²) in [7, 11) is 0. The first-order valence-electron chi connectivity index (χ1n) is 6.48. The van der Waals surface area contributed by atoms with Gasteiger partial charge in [0.15, 0.2) is 0 Å². The highest BCUT2D eigenvalue weighted by atomic mass is 16.5. The minimum Gasteiger partial charge on any atom is -0.337 e. The Morgan fingerprint density at radius 3 is 2.85 bits per heavy atom. The molecule has 1 aromatic heterocycles. The molecule has 3 aromatic rings. The average molecular weight is 265 g/mol. The SMILES string of the molecule is C=CCC(N)c1nc(-c2cccc3ccccc23)no1. The molecule has 0 spiro atoms. The minimum absolute atomic E-state index is 0.302. The summed E-state index contributed by atoms with van der Waals surface area (Å²) in [4.78, 5) is 4.40. The Morgan fingerprint density at radius 2 is 2.00 bits per heavy atom. The quantitative estimate of drug-likeness (QED) is 0.733. The second-order valence-corrected chi connectivity index (χ2v) is 4.61. The van der Waals surface area contributed by atoms with E-state index in [-0.39, 0.29) is 6.04 Å². The predicted molar refractivity (Wildman–Crippen MR) is 79.0 cm³/mol. The van der Waals surface area contributed by atoms with E-state index in [1.54, 1.807) is 6.08 Å². The third-order valence-corrected chi connectivity index (χ3v) is 3.21. The van der Waals surface area contributed by atoms with Crippen molar-refractivity contribution in [1.82, 2.24) is 10.1 Å². The van der Waals surface area contributed by atoms with Gasteiger partial charge in [-0.15, -0.1) is 6.58 Å². The van der Waals surface area contributed by atoms with Crippen molar-refractivity contribution in [3.8, 4) is 11.4 Å². The fourth-order valence-corrected chi connectivity index (χ4v) is 2.20. The molecule has 0 fully saturated rings. The van der Waals surface area contributed by atoms with Crippen LogP contribution in [-0.2, 0) is 0 Å². The maximum absolute atomic E-state index is 5.94. The molecule has 20 heavy (non-hydrogen) atoms. The fraction of sp³-hybridized carbons (Fsp3) is 0.125. The molecule has 3 rings (SSSR count). The van der Waals surface area contributed by atoms with E-state index in [1.807, 2.05) is 30.3 Å². The Bertz CT molecular complexity index is 743. The van der Waals surface area contributed by atoms with E-state index in [0.717, 1.165) is 16.3 Å². The zero-order valence-corrected chi connectivity index (χ0v) is 11.0. The molecule has 100 valence electrons. The summed E-state index contributed by atoms with van der Waals surface area (Å²) in [5.41, 5.74) is 6.89. The second-order valence-electron chi connectivity index (χ2n) is 4.61. The number of fused-ring (bicyclic) bond motifs is 1. The lowest BCUT2D eigenvalue weighted by Gasteiger charge is -2.02. The fourth-order valence-electron chi connectivity index (χ4n) is 2.20. The summed E-state index contributed by atoms with van der Waals surface area (Å²) < 4.78 is 5.25. The molecule has 1 atom stereocenters. The van der Waals surface area contributed by atoms with E-state index in [9.17, 15) is 0 Å². The highest BCUT2D eigenvalue weighted by Crippen LogP contribution is 2.27. The first kappa shape index (κ1) is 12.6. The molecule has 0 saturated carbocycles. The number of nitrogens with zero attached hydrogens (tertiary/aromatic N) is 2. The van der Waals surface area contributed by atoms with Gasteiger partial charge in [-0.3, -0.25) is 0 Å². The smallest absolute Gasteiger partial charge is 0.244 e. The van der Waals surface area contributed by atoms with Crippen molar-refractivity contribution in [2.24, 2.45) is 5.73 Å². The molecule has 0 aliphatic carbocycles. The van der Waals surface area contributed by atoms with Gasteiger partial charge in [0.2, 0.25) is 11.7 Å². The predicted octanol–water partition coefficient (Wildman–Crippen LogP) is 3.47. The van der Waals surface area contributed by atoms with Gasteiger partial charge in [-0.1, -0.05) is 53.7 Å². The zero-order chi connectivity index (χ0) is 13.9. The number of hydrogen-bond acceptors (Lipinski definition) is 4. The van der Waals surface area contributed by atoms with Crippen molar-refractivity contribution in [2.75, 3.05) is 0 Å². The summed E-state index contributed by atoms with van der Waals surface area (Å²) in [6, 6.07) is 13.8. The lowest BCUT2D eigenvalue weighted by Crippen LogP contribution is -2.09. The molecule has 4 nitrogen and oxygen atoms in total. The molecule has 2 N–H and O–H groups in total. The summed E-state index contributed by atoms with van der Waals surface area (Å²) in [6.45, 7) is 3.66. The molecule has 1 heterocycles. The van der Waals surface area contributed by atoms with Gasteiger partial charge < -0.3 is 10.3 Å². The lowest BCUT2D eigenvalue weighted by molar-refractivity contribution is 0.356. The number of rotatable bonds is 4. The molecule has 0 bridgehead atoms. The summed E-state index contributed by atoms with van der Waals surface area (Å²) in [6.07, 6.45) is 2.35. The first-order valence-corrected chi connectivity index (χ1v) is 6.48. The van der Waals surface area contributed by atoms with Gasteiger partial charge >= 0.3 is 0 Å². The Labute approximate surface area is 116 Å². The van der Waals surface area contributed by atoms with Gasteiger partial charge in [0.05, 0.1) is 6.04 Å². The number of hydrogen-bond donors (Lipinski definition) is 1. The molecule has 0 saturated heterocycles. The Morgan fingerprint density at radius 1 is 1.20 bits per heavy atom. The Kier molecular flexibility index (Phi) is 3.31. The van der Waals surface area contributed by atoms with E-state index in [1.165, 1.54) is 0 Å². The molecule has 0 aliphatic heterocycles. The van der Waals surface area contributed by atoms with Gasteiger partial charge in [0.1, 0.15) is 0 Å². The van der Waals surface area contributed by atoms with Crippen LogP contribution < -0.4 is 5.73 Å². The molecule has 0 aliphatic rings. The van der Waals surface area contributed by atoms with Gasteiger partial charge in [0.25, 0.3) is 0 Å². The highest BCUT2D eigenvalue weighted by molar-refractivity contribution is 5.94. The van der Waals surface area contributed by atoms with Crippen LogP contribution in [0.2, 0.25) is 0 Å². The third-order valence-electron chi connectivity index (χ3n) is 3.21. The van der Waals surface area contributed by atoms with Crippen molar-refractivity contribution < 1.29 is 4.52 Å². The third kappa shape index (κ3) is 2.21. The van der Waals surface area contributed by atoms with Crippen LogP contribution in [0.5, 0.6) is 0 Å². The van der Waals surface area contributed by atoms with Gasteiger partial charge in [-0.05, 0) is 17.2 Å². The highest BCUT2D eigenvalue weighted by Gasteiger charge is 2.15.